The van der Waals surface area contributed by atoms with E-state index in [-0.39, 0.29) is 0 Å². The van der Waals surface area contributed by atoms with Crippen molar-refractivity contribution in [2.45, 2.75) is 0 Å². The van der Waals surface area contributed by atoms with E-state index in [0.29, 0.717) is 41.0 Å². The molecule has 0 atom stereocenters. The van der Waals surface area contributed by atoms with Crippen molar-refractivity contribution in [2.24, 2.45) is 0 Å². The number of benzene rings is 2. The fourth-order valence-electron chi connectivity index (χ4n) is 2.94. The van der Waals surface area contributed by atoms with Crippen LogP contribution in [0.15, 0.2) is 53.1 Å². The van der Waals surface area contributed by atoms with Crippen LogP contribution in [0.25, 0.3) is 10.9 Å². The largest absolute Gasteiger partial charge is 0.383 e. The molecule has 0 bridgehead atoms. The topological polar surface area (TPSA) is 90.3 Å². The van der Waals surface area contributed by atoms with Crippen LogP contribution in [-0.4, -0.2) is 49.6 Å². The standard InChI is InChI=1S/C24H22BrN5O2/c1-30(11-12-32-2)10-4-7-23(31)28-20-8-9-22-21(14-20)24(17(15-26)16-27-22)29-19-6-3-5-18(25)13-19/h3,5-6,8-9,13-14,16H,10-12H2,1-2H3,(H,27,29)(H,28,31). The highest BCUT2D eigenvalue weighted by Gasteiger charge is 2.11. The van der Waals surface area contributed by atoms with E-state index in [9.17, 15) is 10.1 Å². The minimum Gasteiger partial charge on any atom is -0.383 e. The monoisotopic (exact) mass is 491 g/mol. The summed E-state index contributed by atoms with van der Waals surface area (Å²) < 4.78 is 5.94. The molecule has 0 spiro atoms. The number of carbonyl (C=O) groups is 1. The van der Waals surface area contributed by atoms with E-state index in [1.807, 2.05) is 36.2 Å². The molecular weight excluding hydrogens is 470 g/mol. The predicted octanol–water partition coefficient (Wildman–Crippen LogP) is 4.13. The molecule has 0 aliphatic carbocycles. The molecule has 2 N–H and O–H groups in total. The third-order valence-corrected chi connectivity index (χ3v) is 5.06. The molecular formula is C24H22BrN5O2. The van der Waals surface area contributed by atoms with Crippen LogP contribution in [0, 0.1) is 23.2 Å². The molecule has 8 heteroatoms. The molecule has 3 aromatic rings. The predicted molar refractivity (Wildman–Crippen MR) is 130 cm³/mol. The van der Waals surface area contributed by atoms with E-state index in [1.54, 1.807) is 25.3 Å². The number of nitriles is 1. The lowest BCUT2D eigenvalue weighted by Crippen LogP contribution is -2.23. The van der Waals surface area contributed by atoms with E-state index in [1.165, 1.54) is 6.20 Å². The fourth-order valence-corrected chi connectivity index (χ4v) is 3.34. The van der Waals surface area contributed by atoms with Gasteiger partial charge in [-0.25, -0.2) is 0 Å². The number of hydrogen-bond acceptors (Lipinski definition) is 6. The summed E-state index contributed by atoms with van der Waals surface area (Å²) >= 11 is 3.45. The SMILES string of the molecule is COCCN(C)CC#CC(=O)Nc1ccc2ncc(C#N)c(Nc3cccc(Br)c3)c2c1. The Hall–Kier alpha value is -3.43. The second-order valence-corrected chi connectivity index (χ2v) is 7.93. The maximum atomic E-state index is 12.3. The molecule has 2 aromatic carbocycles. The summed E-state index contributed by atoms with van der Waals surface area (Å²) in [5, 5.41) is 16.4. The van der Waals surface area contributed by atoms with Gasteiger partial charge >= 0.3 is 0 Å². The number of ether oxygens (including phenoxy) is 1. The van der Waals surface area contributed by atoms with Crippen molar-refractivity contribution in [3.8, 4) is 17.9 Å². The minimum absolute atomic E-state index is 0.403. The number of pyridine rings is 1. The Bertz CT molecular complexity index is 1230. The normalized spacial score (nSPS) is 10.3. The van der Waals surface area contributed by atoms with Gasteiger partial charge in [-0.05, 0) is 49.4 Å². The first-order chi connectivity index (χ1) is 15.5. The molecule has 0 saturated carbocycles. The molecule has 0 unspecified atom stereocenters. The third-order valence-electron chi connectivity index (χ3n) is 4.57. The van der Waals surface area contributed by atoms with Crippen LogP contribution in [0.5, 0.6) is 0 Å². The van der Waals surface area contributed by atoms with Crippen LogP contribution in [0.3, 0.4) is 0 Å². The van der Waals surface area contributed by atoms with Crippen LogP contribution in [0.4, 0.5) is 17.1 Å². The average Bonchev–Trinajstić information content (AvgIpc) is 2.78. The Labute approximate surface area is 195 Å². The Morgan fingerprint density at radius 2 is 2.09 bits per heavy atom. The second-order valence-electron chi connectivity index (χ2n) is 7.01. The number of aromatic nitrogens is 1. The summed E-state index contributed by atoms with van der Waals surface area (Å²) in [6.45, 7) is 1.81. The van der Waals surface area contributed by atoms with Gasteiger partial charge in [0.05, 0.1) is 29.9 Å². The summed E-state index contributed by atoms with van der Waals surface area (Å²) in [5.41, 5.74) is 3.11. The van der Waals surface area contributed by atoms with E-state index in [2.05, 4.69) is 49.5 Å². The van der Waals surface area contributed by atoms with Gasteiger partial charge in [0.15, 0.2) is 0 Å². The number of likely N-dealkylation sites (N-methyl/N-ethyl adjacent to an activating group) is 1. The van der Waals surface area contributed by atoms with Crippen molar-refractivity contribution in [3.63, 3.8) is 0 Å². The maximum Gasteiger partial charge on any atom is 0.300 e. The molecule has 1 amide bonds. The summed E-state index contributed by atoms with van der Waals surface area (Å²) in [7, 11) is 3.56. The second kappa shape index (κ2) is 11.3. The van der Waals surface area contributed by atoms with Gasteiger partial charge in [-0.3, -0.25) is 14.7 Å². The molecule has 3 rings (SSSR count). The Kier molecular flexibility index (Phi) is 8.18. The van der Waals surface area contributed by atoms with Gasteiger partial charge in [-0.2, -0.15) is 5.26 Å². The van der Waals surface area contributed by atoms with Crippen molar-refractivity contribution in [2.75, 3.05) is 44.5 Å². The summed E-state index contributed by atoms with van der Waals surface area (Å²) in [4.78, 5) is 18.6. The summed E-state index contributed by atoms with van der Waals surface area (Å²) in [5.74, 6) is 5.05. The van der Waals surface area contributed by atoms with E-state index < -0.39 is 5.91 Å². The summed E-state index contributed by atoms with van der Waals surface area (Å²) in [6, 6.07) is 15.2. The molecule has 1 heterocycles. The first-order valence-electron chi connectivity index (χ1n) is 9.83. The number of carbonyl (C=O) groups excluding carboxylic acids is 1. The minimum atomic E-state index is -0.407. The van der Waals surface area contributed by atoms with Crippen LogP contribution >= 0.6 is 15.9 Å². The lowest BCUT2D eigenvalue weighted by molar-refractivity contribution is -0.111. The van der Waals surface area contributed by atoms with Gasteiger partial charge in [0, 0.05) is 41.1 Å². The number of anilines is 3. The van der Waals surface area contributed by atoms with Gasteiger partial charge < -0.3 is 15.4 Å². The number of hydrogen-bond donors (Lipinski definition) is 2. The highest BCUT2D eigenvalue weighted by atomic mass is 79.9. The van der Waals surface area contributed by atoms with Crippen molar-refractivity contribution >= 4 is 49.8 Å². The Morgan fingerprint density at radius 1 is 1.25 bits per heavy atom. The zero-order valence-corrected chi connectivity index (χ0v) is 19.4. The Morgan fingerprint density at radius 3 is 2.84 bits per heavy atom. The van der Waals surface area contributed by atoms with Gasteiger partial charge in [-0.1, -0.05) is 27.9 Å². The van der Waals surface area contributed by atoms with Gasteiger partial charge in [0.2, 0.25) is 0 Å². The highest BCUT2D eigenvalue weighted by molar-refractivity contribution is 9.10. The molecule has 1 aromatic heterocycles. The summed E-state index contributed by atoms with van der Waals surface area (Å²) in [6.07, 6.45) is 1.53. The number of nitrogens with zero attached hydrogens (tertiary/aromatic N) is 3. The number of nitrogens with one attached hydrogen (secondary N) is 2. The number of amides is 1. The van der Waals surface area contributed by atoms with E-state index >= 15 is 0 Å². The molecule has 7 nitrogen and oxygen atoms in total. The molecule has 0 radical (unpaired) electrons. The molecule has 0 saturated heterocycles. The van der Waals surface area contributed by atoms with Crippen LogP contribution in [0.2, 0.25) is 0 Å². The number of methoxy groups -OCH3 is 1. The molecule has 162 valence electrons. The third kappa shape index (κ3) is 6.29. The zero-order chi connectivity index (χ0) is 22.9. The van der Waals surface area contributed by atoms with E-state index in [4.69, 9.17) is 4.74 Å². The smallest absolute Gasteiger partial charge is 0.300 e. The van der Waals surface area contributed by atoms with E-state index in [0.717, 1.165) is 16.7 Å². The van der Waals surface area contributed by atoms with Crippen molar-refractivity contribution in [1.29, 1.82) is 5.26 Å². The number of halogens is 1. The maximum absolute atomic E-state index is 12.3. The Balaban J connectivity index is 1.83. The first kappa shape index (κ1) is 23.2. The van der Waals surface area contributed by atoms with Crippen molar-refractivity contribution < 1.29 is 9.53 Å². The molecule has 0 aliphatic heterocycles. The fraction of sp³-hybridized carbons (Fsp3) is 0.208. The van der Waals surface area contributed by atoms with Gasteiger partial charge in [0.25, 0.3) is 5.91 Å². The molecule has 0 aliphatic rings. The van der Waals surface area contributed by atoms with Crippen LogP contribution < -0.4 is 10.6 Å². The van der Waals surface area contributed by atoms with Crippen molar-refractivity contribution in [3.05, 3.63) is 58.7 Å². The van der Waals surface area contributed by atoms with Gasteiger partial charge in [0.1, 0.15) is 6.07 Å². The molecule has 0 fully saturated rings. The highest BCUT2D eigenvalue weighted by Crippen LogP contribution is 2.31. The van der Waals surface area contributed by atoms with Crippen LogP contribution in [0.1, 0.15) is 5.56 Å². The lowest BCUT2D eigenvalue weighted by Gasteiger charge is -2.13. The zero-order valence-electron chi connectivity index (χ0n) is 17.8. The number of rotatable bonds is 7. The van der Waals surface area contributed by atoms with Crippen LogP contribution in [-0.2, 0) is 9.53 Å². The average molecular weight is 492 g/mol. The van der Waals surface area contributed by atoms with Crippen molar-refractivity contribution in [1.82, 2.24) is 9.88 Å². The quantitative estimate of drug-likeness (QED) is 0.482. The first-order valence-corrected chi connectivity index (χ1v) is 10.6. The van der Waals surface area contributed by atoms with Gasteiger partial charge in [-0.15, -0.1) is 0 Å². The lowest BCUT2D eigenvalue weighted by atomic mass is 10.1. The molecule has 32 heavy (non-hydrogen) atoms. The number of fused-ring (bicyclic) bond motifs is 1.